The molecule has 0 amide bonds. The summed E-state index contributed by atoms with van der Waals surface area (Å²) >= 11 is 3.34. The number of hydrogen-bond acceptors (Lipinski definition) is 3. The largest absolute Gasteiger partial charge is 0.451 e. The second-order valence-corrected chi connectivity index (χ2v) is 4.53. The van der Waals surface area contributed by atoms with Gasteiger partial charge in [0.25, 0.3) is 6.29 Å². The lowest BCUT2D eigenvalue weighted by molar-refractivity contribution is -0.149. The molecule has 1 aliphatic heterocycles. The number of rotatable bonds is 2. The molecule has 1 atom stereocenters. The van der Waals surface area contributed by atoms with E-state index in [1.165, 1.54) is 0 Å². The molecule has 1 unspecified atom stereocenters. The standard InChI is InChI=1S/C12H11BrO3/c1-7-8(2)12(16-11(7)14)15-10-5-3-9(13)4-6-10/h3-6,12H,1-2H3. The minimum absolute atomic E-state index is 0.306. The van der Waals surface area contributed by atoms with Crippen LogP contribution in [-0.2, 0) is 9.53 Å². The number of carbonyl (C=O) groups excluding carboxylic acids is 1. The molecule has 1 aliphatic rings. The average Bonchev–Trinajstić information content (AvgIpc) is 2.50. The van der Waals surface area contributed by atoms with Crippen molar-refractivity contribution in [2.24, 2.45) is 0 Å². The molecule has 3 nitrogen and oxygen atoms in total. The number of cyclic esters (lactones) is 1. The highest BCUT2D eigenvalue weighted by Crippen LogP contribution is 2.25. The third-order valence-electron chi connectivity index (χ3n) is 2.52. The highest BCUT2D eigenvalue weighted by atomic mass is 79.9. The van der Waals surface area contributed by atoms with Gasteiger partial charge in [0, 0.05) is 15.6 Å². The molecule has 2 rings (SSSR count). The van der Waals surface area contributed by atoms with E-state index in [9.17, 15) is 4.79 Å². The fourth-order valence-corrected chi connectivity index (χ4v) is 1.63. The minimum Gasteiger partial charge on any atom is -0.451 e. The van der Waals surface area contributed by atoms with Crippen molar-refractivity contribution in [3.8, 4) is 5.75 Å². The molecule has 0 bridgehead atoms. The monoisotopic (exact) mass is 282 g/mol. The Hall–Kier alpha value is -1.29. The first-order valence-corrected chi connectivity index (χ1v) is 5.68. The van der Waals surface area contributed by atoms with E-state index in [4.69, 9.17) is 9.47 Å². The highest BCUT2D eigenvalue weighted by Gasteiger charge is 2.29. The summed E-state index contributed by atoms with van der Waals surface area (Å²) in [6, 6.07) is 7.38. The number of halogens is 1. The molecule has 0 fully saturated rings. The first kappa shape index (κ1) is 11.2. The molecule has 0 aromatic heterocycles. The molecule has 1 aromatic carbocycles. The second kappa shape index (κ2) is 4.29. The van der Waals surface area contributed by atoms with Gasteiger partial charge in [0.1, 0.15) is 5.75 Å². The Balaban J connectivity index is 2.12. The maximum atomic E-state index is 11.3. The molecule has 16 heavy (non-hydrogen) atoms. The van der Waals surface area contributed by atoms with E-state index in [2.05, 4.69) is 15.9 Å². The summed E-state index contributed by atoms with van der Waals surface area (Å²) in [5, 5.41) is 0. The fraction of sp³-hybridized carbons (Fsp3) is 0.250. The number of esters is 1. The average molecular weight is 283 g/mol. The van der Waals surface area contributed by atoms with Crippen LogP contribution >= 0.6 is 15.9 Å². The summed E-state index contributed by atoms with van der Waals surface area (Å²) in [4.78, 5) is 11.3. The molecule has 0 spiro atoms. The Labute approximate surface area is 102 Å². The first-order chi connectivity index (χ1) is 7.58. The van der Waals surface area contributed by atoms with Crippen molar-refractivity contribution in [3.63, 3.8) is 0 Å². The van der Waals surface area contributed by atoms with Crippen LogP contribution < -0.4 is 4.74 Å². The third kappa shape index (κ3) is 2.11. The number of hydrogen-bond donors (Lipinski definition) is 0. The molecular weight excluding hydrogens is 272 g/mol. The zero-order valence-corrected chi connectivity index (χ0v) is 10.6. The molecule has 84 valence electrons. The Bertz CT molecular complexity index is 448. The second-order valence-electron chi connectivity index (χ2n) is 3.62. The van der Waals surface area contributed by atoms with Crippen molar-refractivity contribution in [2.75, 3.05) is 0 Å². The Kier molecular flexibility index (Phi) is 3.01. The van der Waals surface area contributed by atoms with Crippen molar-refractivity contribution in [1.29, 1.82) is 0 Å². The van der Waals surface area contributed by atoms with Crippen LogP contribution in [0.1, 0.15) is 13.8 Å². The number of carbonyl (C=O) groups is 1. The lowest BCUT2D eigenvalue weighted by Crippen LogP contribution is -2.18. The highest BCUT2D eigenvalue weighted by molar-refractivity contribution is 9.10. The molecule has 0 saturated carbocycles. The lowest BCUT2D eigenvalue weighted by Gasteiger charge is -2.14. The van der Waals surface area contributed by atoms with Crippen LogP contribution in [0.25, 0.3) is 0 Å². The maximum absolute atomic E-state index is 11.3. The van der Waals surface area contributed by atoms with Gasteiger partial charge in [-0.25, -0.2) is 4.79 Å². The molecule has 0 N–H and O–H groups in total. The fourth-order valence-electron chi connectivity index (χ4n) is 1.36. The van der Waals surface area contributed by atoms with Crippen LogP contribution in [0, 0.1) is 0 Å². The molecule has 1 aromatic rings. The van der Waals surface area contributed by atoms with E-state index in [1.54, 1.807) is 6.92 Å². The normalized spacial score (nSPS) is 19.9. The van der Waals surface area contributed by atoms with Gasteiger partial charge in [0.05, 0.1) is 0 Å². The number of benzene rings is 1. The summed E-state index contributed by atoms with van der Waals surface area (Å²) in [5.41, 5.74) is 1.45. The Morgan fingerprint density at radius 3 is 2.38 bits per heavy atom. The SMILES string of the molecule is CC1=C(C)C(Oc2ccc(Br)cc2)OC1=O. The zero-order chi connectivity index (χ0) is 11.7. The smallest absolute Gasteiger partial charge is 0.337 e. The van der Waals surface area contributed by atoms with Gasteiger partial charge in [0.2, 0.25) is 0 Å². The lowest BCUT2D eigenvalue weighted by atomic mass is 10.2. The molecule has 0 radical (unpaired) electrons. The molecular formula is C12H11BrO3. The van der Waals surface area contributed by atoms with Gasteiger partial charge in [0.15, 0.2) is 0 Å². The van der Waals surface area contributed by atoms with Gasteiger partial charge in [-0.15, -0.1) is 0 Å². The van der Waals surface area contributed by atoms with Gasteiger partial charge in [-0.2, -0.15) is 0 Å². The van der Waals surface area contributed by atoms with Crippen LogP contribution in [0.15, 0.2) is 39.9 Å². The summed E-state index contributed by atoms with van der Waals surface area (Å²) < 4.78 is 11.6. The predicted octanol–water partition coefficient (Wildman–Crippen LogP) is 3.05. The minimum atomic E-state index is -0.589. The summed E-state index contributed by atoms with van der Waals surface area (Å²) in [6.07, 6.45) is -0.589. The van der Waals surface area contributed by atoms with Crippen LogP contribution in [0.2, 0.25) is 0 Å². The van der Waals surface area contributed by atoms with E-state index < -0.39 is 6.29 Å². The van der Waals surface area contributed by atoms with Crippen LogP contribution in [0.3, 0.4) is 0 Å². The first-order valence-electron chi connectivity index (χ1n) is 4.88. The van der Waals surface area contributed by atoms with Gasteiger partial charge < -0.3 is 9.47 Å². The van der Waals surface area contributed by atoms with Gasteiger partial charge >= 0.3 is 5.97 Å². The van der Waals surface area contributed by atoms with Crippen LogP contribution in [0.5, 0.6) is 5.75 Å². The van der Waals surface area contributed by atoms with Crippen LogP contribution in [-0.4, -0.2) is 12.3 Å². The van der Waals surface area contributed by atoms with Gasteiger partial charge in [-0.1, -0.05) is 15.9 Å². The van der Waals surface area contributed by atoms with E-state index in [0.717, 1.165) is 10.0 Å². The summed E-state index contributed by atoms with van der Waals surface area (Å²) in [5.74, 6) is 0.370. The van der Waals surface area contributed by atoms with Crippen molar-refractivity contribution in [3.05, 3.63) is 39.9 Å². The van der Waals surface area contributed by atoms with E-state index >= 15 is 0 Å². The zero-order valence-electron chi connectivity index (χ0n) is 8.99. The van der Waals surface area contributed by atoms with Crippen molar-refractivity contribution in [1.82, 2.24) is 0 Å². The van der Waals surface area contributed by atoms with Crippen molar-refractivity contribution < 1.29 is 14.3 Å². The van der Waals surface area contributed by atoms with E-state index in [1.807, 2.05) is 31.2 Å². The Morgan fingerprint density at radius 1 is 1.25 bits per heavy atom. The van der Waals surface area contributed by atoms with E-state index in [-0.39, 0.29) is 5.97 Å². The molecule has 4 heteroatoms. The van der Waals surface area contributed by atoms with Gasteiger partial charge in [-0.3, -0.25) is 0 Å². The van der Waals surface area contributed by atoms with Crippen molar-refractivity contribution >= 4 is 21.9 Å². The summed E-state index contributed by atoms with van der Waals surface area (Å²) in [6.45, 7) is 3.58. The third-order valence-corrected chi connectivity index (χ3v) is 3.05. The van der Waals surface area contributed by atoms with Crippen LogP contribution in [0.4, 0.5) is 0 Å². The molecule has 1 heterocycles. The predicted molar refractivity (Wildman–Crippen MR) is 63.0 cm³/mol. The van der Waals surface area contributed by atoms with Gasteiger partial charge in [-0.05, 0) is 38.1 Å². The number of ether oxygens (including phenoxy) is 2. The topological polar surface area (TPSA) is 35.5 Å². The quantitative estimate of drug-likeness (QED) is 0.782. The molecule has 0 saturated heterocycles. The Morgan fingerprint density at radius 2 is 1.88 bits per heavy atom. The van der Waals surface area contributed by atoms with Crippen molar-refractivity contribution in [2.45, 2.75) is 20.1 Å². The molecule has 0 aliphatic carbocycles. The maximum Gasteiger partial charge on any atom is 0.337 e. The van der Waals surface area contributed by atoms with E-state index in [0.29, 0.717) is 11.3 Å². The summed E-state index contributed by atoms with van der Waals surface area (Å²) in [7, 11) is 0.